The standard InChI is InChI=1S/C18H19N3/c1-12-9-13(2)11-15(10-12)17(21-19)18-16-6-4-3-5-14(16)7-8-20-18/h3-11,17,21H,19H2,1-2H3. The van der Waals surface area contributed by atoms with E-state index in [-0.39, 0.29) is 6.04 Å². The van der Waals surface area contributed by atoms with Crippen molar-refractivity contribution < 1.29 is 0 Å². The molecule has 2 aromatic carbocycles. The van der Waals surface area contributed by atoms with Crippen LogP contribution in [0.25, 0.3) is 10.8 Å². The van der Waals surface area contributed by atoms with Crippen LogP contribution in [0.15, 0.2) is 54.7 Å². The van der Waals surface area contributed by atoms with Crippen LogP contribution in [0.2, 0.25) is 0 Å². The molecule has 3 nitrogen and oxygen atoms in total. The molecule has 0 aliphatic heterocycles. The SMILES string of the molecule is Cc1cc(C)cc(C(NN)c2nccc3ccccc23)c1. The van der Waals surface area contributed by atoms with Gasteiger partial charge >= 0.3 is 0 Å². The van der Waals surface area contributed by atoms with Gasteiger partial charge in [0.25, 0.3) is 0 Å². The first kappa shape index (κ1) is 13.7. The highest BCUT2D eigenvalue weighted by Gasteiger charge is 2.17. The summed E-state index contributed by atoms with van der Waals surface area (Å²) in [6.07, 6.45) is 1.84. The van der Waals surface area contributed by atoms with Crippen molar-refractivity contribution in [2.24, 2.45) is 5.84 Å². The molecule has 0 fully saturated rings. The lowest BCUT2D eigenvalue weighted by molar-refractivity contribution is 0.625. The Morgan fingerprint density at radius 1 is 1.00 bits per heavy atom. The second-order valence-electron chi connectivity index (χ2n) is 5.44. The number of aryl methyl sites for hydroxylation is 2. The Bertz CT molecular complexity index is 755. The van der Waals surface area contributed by atoms with Gasteiger partial charge in [-0.2, -0.15) is 0 Å². The van der Waals surface area contributed by atoms with Crippen LogP contribution in [0, 0.1) is 13.8 Å². The fourth-order valence-electron chi connectivity index (χ4n) is 2.88. The molecule has 3 heteroatoms. The highest BCUT2D eigenvalue weighted by molar-refractivity contribution is 5.85. The Kier molecular flexibility index (Phi) is 3.69. The third-order valence-corrected chi connectivity index (χ3v) is 3.72. The van der Waals surface area contributed by atoms with Gasteiger partial charge in [-0.15, -0.1) is 0 Å². The van der Waals surface area contributed by atoms with E-state index in [1.165, 1.54) is 16.5 Å². The smallest absolute Gasteiger partial charge is 0.0887 e. The minimum absolute atomic E-state index is 0.116. The minimum Gasteiger partial charge on any atom is -0.271 e. The Morgan fingerprint density at radius 2 is 1.71 bits per heavy atom. The van der Waals surface area contributed by atoms with Crippen molar-refractivity contribution in [1.29, 1.82) is 0 Å². The van der Waals surface area contributed by atoms with Crippen LogP contribution in [-0.4, -0.2) is 4.98 Å². The first-order valence-corrected chi connectivity index (χ1v) is 7.07. The quantitative estimate of drug-likeness (QED) is 0.570. The van der Waals surface area contributed by atoms with E-state index in [9.17, 15) is 0 Å². The van der Waals surface area contributed by atoms with E-state index < -0.39 is 0 Å². The fraction of sp³-hybridized carbons (Fsp3) is 0.167. The lowest BCUT2D eigenvalue weighted by atomic mass is 9.96. The Balaban J connectivity index is 2.18. The average Bonchev–Trinajstić information content (AvgIpc) is 2.47. The van der Waals surface area contributed by atoms with Crippen molar-refractivity contribution in [1.82, 2.24) is 10.4 Å². The molecule has 0 aliphatic rings. The minimum atomic E-state index is -0.116. The Labute approximate surface area is 124 Å². The summed E-state index contributed by atoms with van der Waals surface area (Å²) in [7, 11) is 0. The van der Waals surface area contributed by atoms with E-state index in [1.807, 2.05) is 24.4 Å². The fourth-order valence-corrected chi connectivity index (χ4v) is 2.88. The van der Waals surface area contributed by atoms with Crippen molar-refractivity contribution in [3.63, 3.8) is 0 Å². The molecule has 0 bridgehead atoms. The van der Waals surface area contributed by atoms with Gasteiger partial charge in [-0.1, -0.05) is 53.6 Å². The van der Waals surface area contributed by atoms with Gasteiger partial charge in [0.15, 0.2) is 0 Å². The third-order valence-electron chi connectivity index (χ3n) is 3.72. The number of rotatable bonds is 3. The van der Waals surface area contributed by atoms with Crippen LogP contribution in [0.3, 0.4) is 0 Å². The van der Waals surface area contributed by atoms with Crippen molar-refractivity contribution in [2.75, 3.05) is 0 Å². The second kappa shape index (κ2) is 5.64. The maximum absolute atomic E-state index is 5.84. The van der Waals surface area contributed by atoms with Crippen LogP contribution in [-0.2, 0) is 0 Å². The zero-order valence-electron chi connectivity index (χ0n) is 12.3. The van der Waals surface area contributed by atoms with Crippen LogP contribution in [0.5, 0.6) is 0 Å². The van der Waals surface area contributed by atoms with Crippen molar-refractivity contribution >= 4 is 10.8 Å². The molecule has 0 amide bonds. The lowest BCUT2D eigenvalue weighted by Gasteiger charge is -2.19. The number of nitrogens with two attached hydrogens (primary N) is 1. The summed E-state index contributed by atoms with van der Waals surface area (Å²) in [5.41, 5.74) is 7.47. The molecule has 1 unspecified atom stereocenters. The van der Waals surface area contributed by atoms with Gasteiger partial charge in [-0.25, -0.2) is 5.43 Å². The van der Waals surface area contributed by atoms with Gasteiger partial charge in [0.1, 0.15) is 0 Å². The molecular weight excluding hydrogens is 258 g/mol. The number of hydrogen-bond acceptors (Lipinski definition) is 3. The first-order chi connectivity index (χ1) is 10.2. The van der Waals surface area contributed by atoms with Gasteiger partial charge in [-0.3, -0.25) is 10.8 Å². The predicted molar refractivity (Wildman–Crippen MR) is 86.8 cm³/mol. The van der Waals surface area contributed by atoms with Crippen LogP contribution in [0.1, 0.15) is 28.4 Å². The highest BCUT2D eigenvalue weighted by Crippen LogP contribution is 2.27. The van der Waals surface area contributed by atoms with Gasteiger partial charge in [0.2, 0.25) is 0 Å². The predicted octanol–water partition coefficient (Wildman–Crippen LogP) is 3.40. The highest BCUT2D eigenvalue weighted by atomic mass is 15.2. The molecule has 0 saturated heterocycles. The number of fused-ring (bicyclic) bond motifs is 1. The molecular formula is C18H19N3. The second-order valence-corrected chi connectivity index (χ2v) is 5.44. The van der Waals surface area contributed by atoms with Crippen molar-refractivity contribution in [2.45, 2.75) is 19.9 Å². The molecule has 1 heterocycles. The van der Waals surface area contributed by atoms with E-state index in [4.69, 9.17) is 5.84 Å². The monoisotopic (exact) mass is 277 g/mol. The largest absolute Gasteiger partial charge is 0.271 e. The summed E-state index contributed by atoms with van der Waals surface area (Å²) in [6.45, 7) is 4.20. The summed E-state index contributed by atoms with van der Waals surface area (Å²) in [5.74, 6) is 5.84. The van der Waals surface area contributed by atoms with E-state index in [0.717, 1.165) is 16.6 Å². The number of pyridine rings is 1. The summed E-state index contributed by atoms with van der Waals surface area (Å²) in [4.78, 5) is 4.57. The average molecular weight is 277 g/mol. The molecule has 1 atom stereocenters. The molecule has 3 N–H and O–H groups in total. The maximum atomic E-state index is 5.84. The lowest BCUT2D eigenvalue weighted by Crippen LogP contribution is -2.29. The molecule has 0 spiro atoms. The van der Waals surface area contributed by atoms with E-state index in [1.54, 1.807) is 0 Å². The summed E-state index contributed by atoms with van der Waals surface area (Å²) in [6, 6.07) is 16.6. The molecule has 0 aliphatic carbocycles. The summed E-state index contributed by atoms with van der Waals surface area (Å²) >= 11 is 0. The molecule has 106 valence electrons. The molecule has 3 rings (SSSR count). The van der Waals surface area contributed by atoms with Gasteiger partial charge < -0.3 is 0 Å². The number of hydrazine groups is 1. The molecule has 1 aromatic heterocycles. The Morgan fingerprint density at radius 3 is 2.43 bits per heavy atom. The van der Waals surface area contributed by atoms with E-state index in [0.29, 0.717) is 0 Å². The van der Waals surface area contributed by atoms with Crippen LogP contribution in [0.4, 0.5) is 0 Å². The summed E-state index contributed by atoms with van der Waals surface area (Å²) < 4.78 is 0. The zero-order chi connectivity index (χ0) is 14.8. The zero-order valence-corrected chi connectivity index (χ0v) is 12.3. The van der Waals surface area contributed by atoms with Crippen molar-refractivity contribution in [3.8, 4) is 0 Å². The van der Waals surface area contributed by atoms with Gasteiger partial charge in [0, 0.05) is 11.6 Å². The summed E-state index contributed by atoms with van der Waals surface area (Å²) in [5, 5.41) is 2.30. The topological polar surface area (TPSA) is 50.9 Å². The van der Waals surface area contributed by atoms with Crippen molar-refractivity contribution in [3.05, 3.63) is 77.1 Å². The molecule has 21 heavy (non-hydrogen) atoms. The number of aromatic nitrogens is 1. The molecule has 0 saturated carbocycles. The number of nitrogens with one attached hydrogen (secondary N) is 1. The molecule has 0 radical (unpaired) electrons. The van der Waals surface area contributed by atoms with Gasteiger partial charge in [0.05, 0.1) is 11.7 Å². The normalized spacial score (nSPS) is 12.5. The maximum Gasteiger partial charge on any atom is 0.0887 e. The van der Waals surface area contributed by atoms with E-state index >= 15 is 0 Å². The van der Waals surface area contributed by atoms with Crippen LogP contribution < -0.4 is 11.3 Å². The first-order valence-electron chi connectivity index (χ1n) is 7.07. The number of hydrogen-bond donors (Lipinski definition) is 2. The van der Waals surface area contributed by atoms with Crippen LogP contribution >= 0.6 is 0 Å². The molecule has 3 aromatic rings. The van der Waals surface area contributed by atoms with Gasteiger partial charge in [-0.05, 0) is 30.9 Å². The number of nitrogens with zero attached hydrogens (tertiary/aromatic N) is 1. The number of benzene rings is 2. The third kappa shape index (κ3) is 2.66. The Hall–Kier alpha value is -2.23. The van der Waals surface area contributed by atoms with E-state index in [2.05, 4.69) is 54.6 Å².